The molecule has 6 heteroatoms. The van der Waals surface area contributed by atoms with E-state index in [-0.39, 0.29) is 24.0 Å². The zero-order valence-corrected chi connectivity index (χ0v) is 15.2. The second-order valence-corrected chi connectivity index (χ2v) is 5.95. The van der Waals surface area contributed by atoms with Crippen LogP contribution in [0.1, 0.15) is 29.8 Å². The molecule has 138 valence electrons. The fourth-order valence-corrected chi connectivity index (χ4v) is 2.54. The van der Waals surface area contributed by atoms with Gasteiger partial charge in [0, 0.05) is 17.8 Å². The van der Waals surface area contributed by atoms with Crippen LogP contribution in [0.4, 0.5) is 10.1 Å². The first-order chi connectivity index (χ1) is 12.4. The number of hydrogen-bond donors (Lipinski definition) is 1. The van der Waals surface area contributed by atoms with E-state index in [0.29, 0.717) is 24.3 Å². The molecule has 2 rings (SSSR count). The molecule has 0 spiro atoms. The first kappa shape index (κ1) is 19.6. The Labute approximate surface area is 152 Å². The number of methoxy groups -OCH3 is 1. The normalized spacial score (nSPS) is 10.7. The Morgan fingerprint density at radius 2 is 1.85 bits per heavy atom. The van der Waals surface area contributed by atoms with Crippen LogP contribution in [0.15, 0.2) is 42.5 Å². The zero-order chi connectivity index (χ0) is 19.1. The number of ether oxygens (including phenoxy) is 1. The molecule has 0 aliphatic carbocycles. The van der Waals surface area contributed by atoms with Crippen LogP contribution < -0.4 is 10.1 Å². The second-order valence-electron chi connectivity index (χ2n) is 5.95. The Morgan fingerprint density at radius 3 is 2.38 bits per heavy atom. The van der Waals surface area contributed by atoms with Crippen LogP contribution in [0.3, 0.4) is 0 Å². The molecule has 2 aromatic rings. The molecule has 0 aliphatic heterocycles. The maximum atomic E-state index is 13.8. The Bertz CT molecular complexity index is 775. The molecule has 0 atom stereocenters. The highest BCUT2D eigenvalue weighted by Crippen LogP contribution is 2.18. The quantitative estimate of drug-likeness (QED) is 0.734. The molecule has 0 saturated heterocycles. The number of carbonyl (C=O) groups is 2. The molecule has 0 fully saturated rings. The van der Waals surface area contributed by atoms with Crippen molar-refractivity contribution >= 4 is 17.4 Å². The number of benzene rings is 2. The van der Waals surface area contributed by atoms with Gasteiger partial charge in [0.05, 0.1) is 13.7 Å². The molecule has 0 saturated carbocycles. The summed E-state index contributed by atoms with van der Waals surface area (Å²) in [6.45, 7) is 4.71. The average molecular weight is 358 g/mol. The highest BCUT2D eigenvalue weighted by atomic mass is 19.1. The van der Waals surface area contributed by atoms with Crippen LogP contribution in [0.2, 0.25) is 0 Å². The van der Waals surface area contributed by atoms with E-state index >= 15 is 0 Å². The number of nitrogens with zero attached hydrogens (tertiary/aromatic N) is 1. The van der Waals surface area contributed by atoms with E-state index in [0.717, 1.165) is 5.56 Å². The van der Waals surface area contributed by atoms with Crippen molar-refractivity contribution < 1.29 is 18.7 Å². The van der Waals surface area contributed by atoms with E-state index in [1.165, 1.54) is 20.1 Å². The van der Waals surface area contributed by atoms with Crippen molar-refractivity contribution in [2.24, 2.45) is 0 Å². The Kier molecular flexibility index (Phi) is 6.86. The SMILES string of the molecule is CCN(CC(=O)Nc1ccc(C(C)=O)cc1)Cc1ccc(OC)c(F)c1. The van der Waals surface area contributed by atoms with Crippen molar-refractivity contribution in [1.29, 1.82) is 0 Å². The van der Waals surface area contributed by atoms with Crippen molar-refractivity contribution in [2.45, 2.75) is 20.4 Å². The van der Waals surface area contributed by atoms with Crippen LogP contribution in [0.25, 0.3) is 0 Å². The van der Waals surface area contributed by atoms with Gasteiger partial charge in [-0.15, -0.1) is 0 Å². The summed E-state index contributed by atoms with van der Waals surface area (Å²) in [6, 6.07) is 11.5. The van der Waals surface area contributed by atoms with Crippen LogP contribution in [-0.2, 0) is 11.3 Å². The lowest BCUT2D eigenvalue weighted by molar-refractivity contribution is -0.117. The summed E-state index contributed by atoms with van der Waals surface area (Å²) in [6.07, 6.45) is 0. The predicted molar refractivity (Wildman–Crippen MR) is 99.0 cm³/mol. The van der Waals surface area contributed by atoms with Crippen molar-refractivity contribution in [3.8, 4) is 5.75 Å². The minimum atomic E-state index is -0.420. The van der Waals surface area contributed by atoms with E-state index in [9.17, 15) is 14.0 Å². The summed E-state index contributed by atoms with van der Waals surface area (Å²) in [5, 5.41) is 2.80. The van der Waals surface area contributed by atoms with Gasteiger partial charge in [-0.05, 0) is 55.4 Å². The standard InChI is InChI=1S/C20H23FN2O3/c1-4-23(12-15-5-10-19(26-3)18(21)11-15)13-20(25)22-17-8-6-16(7-9-17)14(2)24/h5-11H,4,12-13H2,1-3H3,(H,22,25). The van der Waals surface area contributed by atoms with Crippen LogP contribution in [0, 0.1) is 5.82 Å². The predicted octanol–water partition coefficient (Wildman–Crippen LogP) is 3.50. The second kappa shape index (κ2) is 9.10. The Balaban J connectivity index is 1.95. The number of rotatable bonds is 8. The smallest absolute Gasteiger partial charge is 0.238 e. The Hall–Kier alpha value is -2.73. The largest absolute Gasteiger partial charge is 0.494 e. The highest BCUT2D eigenvalue weighted by molar-refractivity contribution is 5.96. The monoisotopic (exact) mass is 358 g/mol. The van der Waals surface area contributed by atoms with Gasteiger partial charge < -0.3 is 10.1 Å². The molecule has 26 heavy (non-hydrogen) atoms. The van der Waals surface area contributed by atoms with Gasteiger partial charge in [-0.3, -0.25) is 14.5 Å². The summed E-state index contributed by atoms with van der Waals surface area (Å²) >= 11 is 0. The lowest BCUT2D eigenvalue weighted by Gasteiger charge is -2.20. The van der Waals surface area contributed by atoms with E-state index in [1.54, 1.807) is 36.4 Å². The number of hydrogen-bond acceptors (Lipinski definition) is 4. The first-order valence-electron chi connectivity index (χ1n) is 8.38. The van der Waals surface area contributed by atoms with Crippen molar-refractivity contribution in [3.05, 3.63) is 59.4 Å². The van der Waals surface area contributed by atoms with E-state index in [2.05, 4.69) is 5.32 Å². The third-order valence-corrected chi connectivity index (χ3v) is 4.01. The molecule has 1 amide bonds. The van der Waals surface area contributed by atoms with E-state index < -0.39 is 5.82 Å². The molecule has 0 bridgehead atoms. The van der Waals surface area contributed by atoms with Crippen LogP contribution >= 0.6 is 0 Å². The average Bonchev–Trinajstić information content (AvgIpc) is 2.61. The molecular weight excluding hydrogens is 335 g/mol. The lowest BCUT2D eigenvalue weighted by atomic mass is 10.1. The van der Waals surface area contributed by atoms with Crippen molar-refractivity contribution in [1.82, 2.24) is 4.90 Å². The summed E-state index contributed by atoms with van der Waals surface area (Å²) in [4.78, 5) is 25.4. The maximum absolute atomic E-state index is 13.8. The van der Waals surface area contributed by atoms with Crippen molar-refractivity contribution in [2.75, 3.05) is 25.5 Å². The number of anilines is 1. The van der Waals surface area contributed by atoms with Gasteiger partial charge in [0.2, 0.25) is 5.91 Å². The molecule has 0 aromatic heterocycles. The van der Waals surface area contributed by atoms with Crippen LogP contribution in [0.5, 0.6) is 5.75 Å². The number of carbonyl (C=O) groups excluding carboxylic acids is 2. The van der Waals surface area contributed by atoms with Gasteiger partial charge in [0.15, 0.2) is 17.3 Å². The summed E-state index contributed by atoms with van der Waals surface area (Å²) in [5.74, 6) is -0.414. The lowest BCUT2D eigenvalue weighted by Crippen LogP contribution is -2.32. The van der Waals surface area contributed by atoms with E-state index in [1.807, 2.05) is 11.8 Å². The number of ketones is 1. The molecular formula is C20H23FN2O3. The van der Waals surface area contributed by atoms with Gasteiger partial charge in [-0.2, -0.15) is 0 Å². The number of amides is 1. The van der Waals surface area contributed by atoms with Gasteiger partial charge >= 0.3 is 0 Å². The number of Topliss-reactive ketones (excluding diaryl/α,β-unsaturated/α-hetero) is 1. The number of likely N-dealkylation sites (N-methyl/N-ethyl adjacent to an activating group) is 1. The molecule has 0 aliphatic rings. The fraction of sp³-hybridized carbons (Fsp3) is 0.300. The fourth-order valence-electron chi connectivity index (χ4n) is 2.54. The van der Waals surface area contributed by atoms with Crippen molar-refractivity contribution in [3.63, 3.8) is 0 Å². The van der Waals surface area contributed by atoms with Gasteiger partial charge in [-0.1, -0.05) is 13.0 Å². The maximum Gasteiger partial charge on any atom is 0.238 e. The Morgan fingerprint density at radius 1 is 1.15 bits per heavy atom. The molecule has 0 heterocycles. The van der Waals surface area contributed by atoms with Gasteiger partial charge in [0.1, 0.15) is 0 Å². The van der Waals surface area contributed by atoms with E-state index in [4.69, 9.17) is 4.74 Å². The molecule has 0 radical (unpaired) electrons. The molecule has 2 aromatic carbocycles. The minimum Gasteiger partial charge on any atom is -0.494 e. The highest BCUT2D eigenvalue weighted by Gasteiger charge is 2.12. The molecule has 0 unspecified atom stereocenters. The van der Waals surface area contributed by atoms with Gasteiger partial charge in [-0.25, -0.2) is 4.39 Å². The zero-order valence-electron chi connectivity index (χ0n) is 15.2. The molecule has 5 nitrogen and oxygen atoms in total. The first-order valence-corrected chi connectivity index (χ1v) is 8.38. The number of nitrogens with one attached hydrogen (secondary N) is 1. The third-order valence-electron chi connectivity index (χ3n) is 4.01. The summed E-state index contributed by atoms with van der Waals surface area (Å²) in [7, 11) is 1.42. The molecule has 1 N–H and O–H groups in total. The summed E-state index contributed by atoms with van der Waals surface area (Å²) < 4.78 is 18.7. The third kappa shape index (κ3) is 5.39. The topological polar surface area (TPSA) is 58.6 Å². The van der Waals surface area contributed by atoms with Gasteiger partial charge in [0.25, 0.3) is 0 Å². The number of halogens is 1. The summed E-state index contributed by atoms with van der Waals surface area (Å²) in [5.41, 5.74) is 2.00. The van der Waals surface area contributed by atoms with Crippen LogP contribution in [-0.4, -0.2) is 36.8 Å². The minimum absolute atomic E-state index is 0.0215.